The molecule has 2 aromatic rings. The molecule has 0 aliphatic heterocycles. The molecule has 0 saturated carbocycles. The normalized spacial score (nSPS) is 11.8. The highest BCUT2D eigenvalue weighted by molar-refractivity contribution is 6.37. The summed E-state index contributed by atoms with van der Waals surface area (Å²) < 4.78 is 5.18. The Hall–Kier alpha value is -1.74. The largest absolute Gasteiger partial charge is 0.495 e. The van der Waals surface area contributed by atoms with E-state index < -0.39 is 0 Å². The first-order chi connectivity index (χ1) is 8.71. The molecule has 3 nitrogen and oxygen atoms in total. The van der Waals surface area contributed by atoms with Crippen molar-refractivity contribution in [2.75, 3.05) is 7.11 Å². The van der Waals surface area contributed by atoms with Crippen LogP contribution in [0.3, 0.4) is 0 Å². The fraction of sp³-hybridized carbons (Fsp3) is 0.214. The van der Waals surface area contributed by atoms with Crippen LogP contribution in [0.1, 0.15) is 18.9 Å². The van der Waals surface area contributed by atoms with Crippen molar-refractivity contribution in [2.24, 2.45) is 5.16 Å². The lowest BCUT2D eigenvalue weighted by Gasteiger charge is -2.08. The number of hydrogen-bond acceptors (Lipinski definition) is 3. The number of hydrogen-bond donors (Lipinski definition) is 1. The zero-order chi connectivity index (χ0) is 13.1. The molecule has 0 amide bonds. The second kappa shape index (κ2) is 5.27. The summed E-state index contributed by atoms with van der Waals surface area (Å²) in [6.45, 7) is 1.94. The fourth-order valence-electron chi connectivity index (χ4n) is 1.94. The molecular weight excluding hydrogens is 250 g/mol. The van der Waals surface area contributed by atoms with Crippen molar-refractivity contribution >= 4 is 28.1 Å². The van der Waals surface area contributed by atoms with Crippen molar-refractivity contribution < 1.29 is 9.94 Å². The van der Waals surface area contributed by atoms with Crippen molar-refractivity contribution in [3.63, 3.8) is 0 Å². The van der Waals surface area contributed by atoms with E-state index in [1.165, 1.54) is 0 Å². The van der Waals surface area contributed by atoms with E-state index in [0.717, 1.165) is 16.3 Å². The molecule has 0 aromatic heterocycles. The Balaban J connectivity index is 2.61. The SMILES string of the molecule is CC/C(=N/O)c1ccc2c(Cl)c(OC)ccc2c1. The maximum atomic E-state index is 8.93. The summed E-state index contributed by atoms with van der Waals surface area (Å²) in [7, 11) is 1.59. The third-order valence-corrected chi connectivity index (χ3v) is 3.32. The predicted octanol–water partition coefficient (Wildman–Crippen LogP) is 4.09. The molecule has 0 saturated heterocycles. The highest BCUT2D eigenvalue weighted by atomic mass is 35.5. The molecule has 0 atom stereocenters. The fourth-order valence-corrected chi connectivity index (χ4v) is 2.25. The van der Waals surface area contributed by atoms with Crippen LogP contribution in [0.2, 0.25) is 5.02 Å². The lowest BCUT2D eigenvalue weighted by Crippen LogP contribution is -1.98. The number of fused-ring (bicyclic) bond motifs is 1. The minimum absolute atomic E-state index is 0.598. The molecule has 18 heavy (non-hydrogen) atoms. The molecule has 0 bridgehead atoms. The Kier molecular flexibility index (Phi) is 3.72. The maximum Gasteiger partial charge on any atom is 0.138 e. The minimum Gasteiger partial charge on any atom is -0.495 e. The van der Waals surface area contributed by atoms with Crippen LogP contribution in [0, 0.1) is 0 Å². The van der Waals surface area contributed by atoms with E-state index in [2.05, 4.69) is 5.16 Å². The maximum absolute atomic E-state index is 8.93. The molecule has 0 heterocycles. The van der Waals surface area contributed by atoms with Crippen molar-refractivity contribution in [1.29, 1.82) is 0 Å². The second-order valence-corrected chi connectivity index (χ2v) is 4.30. The smallest absolute Gasteiger partial charge is 0.138 e. The van der Waals surface area contributed by atoms with E-state index in [1.807, 2.05) is 37.3 Å². The van der Waals surface area contributed by atoms with Gasteiger partial charge in [0.1, 0.15) is 5.75 Å². The monoisotopic (exact) mass is 263 g/mol. The summed E-state index contributed by atoms with van der Waals surface area (Å²) in [6, 6.07) is 9.53. The van der Waals surface area contributed by atoms with Gasteiger partial charge < -0.3 is 9.94 Å². The van der Waals surface area contributed by atoms with Gasteiger partial charge in [0.05, 0.1) is 17.8 Å². The number of benzene rings is 2. The molecule has 2 aromatic carbocycles. The molecule has 0 fully saturated rings. The van der Waals surface area contributed by atoms with Crippen molar-refractivity contribution in [3.8, 4) is 5.75 Å². The average molecular weight is 264 g/mol. The number of rotatable bonds is 3. The highest BCUT2D eigenvalue weighted by Gasteiger charge is 2.08. The third kappa shape index (κ3) is 2.14. The Morgan fingerprint density at radius 1 is 1.33 bits per heavy atom. The molecule has 0 aliphatic rings. The van der Waals surface area contributed by atoms with Crippen molar-refractivity contribution in [2.45, 2.75) is 13.3 Å². The average Bonchev–Trinajstić information content (AvgIpc) is 2.40. The van der Waals surface area contributed by atoms with Gasteiger partial charge in [0, 0.05) is 5.39 Å². The Morgan fingerprint density at radius 2 is 2.11 bits per heavy atom. The van der Waals surface area contributed by atoms with Crippen LogP contribution >= 0.6 is 11.6 Å². The van der Waals surface area contributed by atoms with Gasteiger partial charge in [0.25, 0.3) is 0 Å². The van der Waals surface area contributed by atoms with Gasteiger partial charge in [-0.15, -0.1) is 0 Å². The number of ether oxygens (including phenoxy) is 1. The van der Waals surface area contributed by atoms with Gasteiger partial charge in [0.15, 0.2) is 0 Å². The Bertz CT molecular complexity index is 608. The second-order valence-electron chi connectivity index (χ2n) is 3.92. The summed E-state index contributed by atoms with van der Waals surface area (Å²) in [5, 5.41) is 14.7. The Labute approximate surface area is 111 Å². The standard InChI is InChI=1S/C14H14ClNO2/c1-3-12(16-17)10-4-6-11-9(8-10)5-7-13(18-2)14(11)15/h4-8,17H,3H2,1-2H3/b16-12-. The van der Waals surface area contributed by atoms with Crippen molar-refractivity contribution in [1.82, 2.24) is 0 Å². The number of halogens is 1. The van der Waals surface area contributed by atoms with Gasteiger partial charge in [-0.05, 0) is 29.5 Å². The highest BCUT2D eigenvalue weighted by Crippen LogP contribution is 2.33. The zero-order valence-corrected chi connectivity index (χ0v) is 11.0. The molecule has 0 spiro atoms. The van der Waals surface area contributed by atoms with Gasteiger partial charge in [-0.1, -0.05) is 41.9 Å². The predicted molar refractivity (Wildman–Crippen MR) is 74.1 cm³/mol. The number of nitrogens with zero attached hydrogens (tertiary/aromatic N) is 1. The molecule has 1 N–H and O–H groups in total. The first-order valence-corrected chi connectivity index (χ1v) is 6.06. The Morgan fingerprint density at radius 3 is 2.72 bits per heavy atom. The lowest BCUT2D eigenvalue weighted by molar-refractivity contribution is 0.318. The third-order valence-electron chi connectivity index (χ3n) is 2.93. The van der Waals surface area contributed by atoms with Crippen molar-refractivity contribution in [3.05, 3.63) is 40.9 Å². The summed E-state index contributed by atoms with van der Waals surface area (Å²) in [5.41, 5.74) is 1.55. The first kappa shape index (κ1) is 12.7. The van der Waals surface area contributed by atoms with Gasteiger partial charge in [-0.25, -0.2) is 0 Å². The van der Waals surface area contributed by atoms with Crippen LogP contribution in [0.5, 0.6) is 5.75 Å². The minimum atomic E-state index is 0.598. The van der Waals surface area contributed by atoms with Gasteiger partial charge in [-0.2, -0.15) is 0 Å². The van der Waals surface area contributed by atoms with E-state index in [1.54, 1.807) is 7.11 Å². The summed E-state index contributed by atoms with van der Waals surface area (Å²) in [6.07, 6.45) is 0.673. The van der Waals surface area contributed by atoms with Crippen LogP contribution < -0.4 is 4.74 Å². The van der Waals surface area contributed by atoms with E-state index in [-0.39, 0.29) is 0 Å². The topological polar surface area (TPSA) is 41.8 Å². The lowest BCUT2D eigenvalue weighted by atomic mass is 10.0. The van der Waals surface area contributed by atoms with Gasteiger partial charge in [0.2, 0.25) is 0 Å². The molecule has 0 radical (unpaired) electrons. The van der Waals surface area contributed by atoms with Crippen LogP contribution in [-0.2, 0) is 0 Å². The molecule has 4 heteroatoms. The van der Waals surface area contributed by atoms with E-state index in [4.69, 9.17) is 21.5 Å². The van der Waals surface area contributed by atoms with Gasteiger partial charge >= 0.3 is 0 Å². The molecule has 2 rings (SSSR count). The van der Waals surface area contributed by atoms with Crippen LogP contribution in [0.4, 0.5) is 0 Å². The summed E-state index contributed by atoms with van der Waals surface area (Å²) >= 11 is 6.24. The molecule has 0 aliphatic carbocycles. The van der Waals surface area contributed by atoms with Crippen LogP contribution in [0.15, 0.2) is 35.5 Å². The molecule has 0 unspecified atom stereocenters. The summed E-state index contributed by atoms with van der Waals surface area (Å²) in [5.74, 6) is 0.656. The van der Waals surface area contributed by atoms with Gasteiger partial charge in [-0.3, -0.25) is 0 Å². The number of oxime groups is 1. The van der Waals surface area contributed by atoms with Crippen LogP contribution in [-0.4, -0.2) is 18.0 Å². The van der Waals surface area contributed by atoms with E-state index in [0.29, 0.717) is 22.9 Å². The quantitative estimate of drug-likeness (QED) is 0.515. The van der Waals surface area contributed by atoms with Crippen LogP contribution in [0.25, 0.3) is 10.8 Å². The molecule has 94 valence electrons. The number of methoxy groups -OCH3 is 1. The first-order valence-electron chi connectivity index (χ1n) is 5.68. The van der Waals surface area contributed by atoms with E-state index >= 15 is 0 Å². The zero-order valence-electron chi connectivity index (χ0n) is 10.3. The van der Waals surface area contributed by atoms with E-state index in [9.17, 15) is 0 Å². The molecular formula is C14H14ClNO2. The summed E-state index contributed by atoms with van der Waals surface area (Å²) in [4.78, 5) is 0.